The summed E-state index contributed by atoms with van der Waals surface area (Å²) in [5.74, 6) is 1.81. The fourth-order valence-corrected chi connectivity index (χ4v) is 7.08. The molecular formula is C24H21ClN10O2S. The van der Waals surface area contributed by atoms with E-state index in [1.807, 2.05) is 12.3 Å². The maximum atomic E-state index is 11.3. The maximum Gasteiger partial charge on any atom is 0.404 e. The van der Waals surface area contributed by atoms with Gasteiger partial charge in [-0.1, -0.05) is 11.6 Å². The monoisotopic (exact) mass is 548 g/mol. The van der Waals surface area contributed by atoms with E-state index < -0.39 is 6.09 Å². The molecule has 5 aromatic rings. The third-order valence-electron chi connectivity index (χ3n) is 7.51. The lowest BCUT2D eigenvalue weighted by molar-refractivity contribution is 0.192. The van der Waals surface area contributed by atoms with Crippen LogP contribution in [-0.2, 0) is 5.41 Å². The summed E-state index contributed by atoms with van der Waals surface area (Å²) < 4.78 is 1.60. The van der Waals surface area contributed by atoms with E-state index in [4.69, 9.17) is 26.6 Å². The summed E-state index contributed by atoms with van der Waals surface area (Å²) in [5.41, 5.74) is 3.12. The number of aryl methyl sites for hydroxylation is 1. The van der Waals surface area contributed by atoms with Gasteiger partial charge in [-0.25, -0.2) is 29.4 Å². The molecule has 1 saturated carbocycles. The van der Waals surface area contributed by atoms with Crippen molar-refractivity contribution in [3.63, 3.8) is 0 Å². The molecule has 12 nitrogen and oxygen atoms in total. The molecule has 38 heavy (non-hydrogen) atoms. The first kappa shape index (κ1) is 23.0. The summed E-state index contributed by atoms with van der Waals surface area (Å²) in [4.78, 5) is 32.0. The Morgan fingerprint density at radius 1 is 1.29 bits per heavy atom. The molecule has 0 bridgehead atoms. The summed E-state index contributed by atoms with van der Waals surface area (Å²) in [6.45, 7) is 3.81. The van der Waals surface area contributed by atoms with Gasteiger partial charge in [0.25, 0.3) is 0 Å². The predicted molar refractivity (Wildman–Crippen MR) is 141 cm³/mol. The lowest BCUT2D eigenvalue weighted by atomic mass is 10.0. The highest BCUT2D eigenvalue weighted by Gasteiger charge is 2.70. The number of fused-ring (bicyclic) bond motifs is 2. The number of nitrogens with one attached hydrogen (secondary N) is 2. The molecule has 1 amide bonds. The first-order valence-electron chi connectivity index (χ1n) is 12.0. The minimum atomic E-state index is -1.02. The number of carbonyl (C=O) groups is 1. The highest BCUT2D eigenvalue weighted by Crippen LogP contribution is 2.64. The molecule has 3 N–H and O–H groups in total. The second kappa shape index (κ2) is 8.46. The molecule has 2 aliphatic rings. The molecule has 7 rings (SSSR count). The highest BCUT2D eigenvalue weighted by molar-refractivity contribution is 7.09. The van der Waals surface area contributed by atoms with Crippen LogP contribution < -0.4 is 10.2 Å². The number of thiazole rings is 1. The molecule has 0 spiro atoms. The molecular weight excluding hydrogens is 528 g/mol. The molecule has 0 radical (unpaired) electrons. The molecule has 6 heterocycles. The number of aromatic amines is 1. The summed E-state index contributed by atoms with van der Waals surface area (Å²) in [6.07, 6.45) is 5.83. The number of amides is 1. The Labute approximate surface area is 224 Å². The van der Waals surface area contributed by atoms with Gasteiger partial charge in [0.2, 0.25) is 0 Å². The smallest absolute Gasteiger partial charge is 0.404 e. The third kappa shape index (κ3) is 3.45. The van der Waals surface area contributed by atoms with Crippen LogP contribution in [0, 0.1) is 18.8 Å². The van der Waals surface area contributed by atoms with Gasteiger partial charge in [0, 0.05) is 60.3 Å². The number of rotatable bonds is 6. The van der Waals surface area contributed by atoms with Crippen molar-refractivity contribution in [3.05, 3.63) is 58.0 Å². The Morgan fingerprint density at radius 3 is 2.84 bits per heavy atom. The number of H-pyrrole nitrogens is 1. The van der Waals surface area contributed by atoms with Gasteiger partial charge in [0.1, 0.15) is 22.0 Å². The number of anilines is 1. The van der Waals surface area contributed by atoms with Crippen LogP contribution in [0.3, 0.4) is 0 Å². The van der Waals surface area contributed by atoms with Crippen LogP contribution in [0.25, 0.3) is 28.2 Å². The van der Waals surface area contributed by atoms with E-state index in [-0.39, 0.29) is 17.3 Å². The van der Waals surface area contributed by atoms with Crippen molar-refractivity contribution in [1.82, 2.24) is 45.2 Å². The average molecular weight is 549 g/mol. The van der Waals surface area contributed by atoms with Crippen LogP contribution in [0.4, 0.5) is 10.6 Å². The van der Waals surface area contributed by atoms with E-state index in [0.29, 0.717) is 39.8 Å². The van der Waals surface area contributed by atoms with Crippen molar-refractivity contribution in [2.45, 2.75) is 12.3 Å². The molecule has 5 aromatic heterocycles. The number of carboxylic acid groups (broad SMARTS) is 1. The van der Waals surface area contributed by atoms with E-state index in [1.165, 1.54) is 0 Å². The second-order valence-corrected chi connectivity index (χ2v) is 10.8. The molecule has 1 unspecified atom stereocenters. The first-order chi connectivity index (χ1) is 18.5. The van der Waals surface area contributed by atoms with Gasteiger partial charge >= 0.3 is 6.09 Å². The van der Waals surface area contributed by atoms with Crippen LogP contribution >= 0.6 is 22.9 Å². The molecule has 1 saturated heterocycles. The Bertz CT molecular complexity index is 1670. The Kier molecular flexibility index (Phi) is 5.13. The first-order valence-corrected chi connectivity index (χ1v) is 13.2. The largest absolute Gasteiger partial charge is 0.465 e. The highest BCUT2D eigenvalue weighted by atomic mass is 35.5. The summed E-state index contributed by atoms with van der Waals surface area (Å²) in [6, 6.07) is 3.59. The van der Waals surface area contributed by atoms with Crippen molar-refractivity contribution < 1.29 is 9.90 Å². The van der Waals surface area contributed by atoms with Gasteiger partial charge in [-0.2, -0.15) is 10.2 Å². The lowest BCUT2D eigenvalue weighted by Crippen LogP contribution is -2.39. The number of hydrogen-bond donors (Lipinski definition) is 3. The normalized spacial score (nSPS) is 22.1. The van der Waals surface area contributed by atoms with Gasteiger partial charge in [0.15, 0.2) is 11.5 Å². The third-order valence-corrected chi connectivity index (χ3v) is 9.04. The number of aromatic nitrogens is 8. The van der Waals surface area contributed by atoms with Gasteiger partial charge in [-0.15, -0.1) is 11.3 Å². The van der Waals surface area contributed by atoms with Crippen molar-refractivity contribution in [1.29, 1.82) is 0 Å². The molecule has 1 aliphatic heterocycles. The molecule has 2 fully saturated rings. The minimum absolute atomic E-state index is 0.267. The van der Waals surface area contributed by atoms with Crippen LogP contribution in [0.5, 0.6) is 0 Å². The Morgan fingerprint density at radius 2 is 2.13 bits per heavy atom. The van der Waals surface area contributed by atoms with Crippen molar-refractivity contribution in [2.24, 2.45) is 11.8 Å². The van der Waals surface area contributed by atoms with Gasteiger partial charge in [-0.3, -0.25) is 5.10 Å². The number of piperidine rings is 1. The van der Waals surface area contributed by atoms with Gasteiger partial charge in [-0.05, 0) is 30.9 Å². The SMILES string of the molecule is Cc1csc(C2(CNC(=O)O)[C@@H]3CN(c4cnc5c(-c6ccnc(-n7cccn7)c6Cl)n[nH]c5n4)C[C@@H]32)n1. The quantitative estimate of drug-likeness (QED) is 0.290. The molecule has 1 aliphatic carbocycles. The predicted octanol–water partition coefficient (Wildman–Crippen LogP) is 3.29. The van der Waals surface area contributed by atoms with E-state index in [0.717, 1.165) is 29.6 Å². The standard InChI is InChI=1S/C24H21ClN10O2S/c1-12-10-38-22(30-12)24(11-28-23(36)37)14-8-34(9-15(14)24)16-7-27-19-18(32-33-20(19)31-16)13-3-5-26-21(17(13)25)35-6-2-4-29-35/h2-7,10,14-15,28H,8-9,11H2,1H3,(H,36,37)(H,31,32,33)/t14-,15+,24?. The maximum absolute atomic E-state index is 11.3. The fraction of sp³-hybridized carbons (Fsp3) is 0.292. The van der Waals surface area contributed by atoms with Crippen LogP contribution in [-0.4, -0.2) is 70.7 Å². The van der Waals surface area contributed by atoms with Gasteiger partial charge < -0.3 is 15.3 Å². The van der Waals surface area contributed by atoms with Gasteiger partial charge in [0.05, 0.1) is 11.2 Å². The summed E-state index contributed by atoms with van der Waals surface area (Å²) in [5, 5.41) is 27.0. The topological polar surface area (TPSA) is 151 Å². The van der Waals surface area contributed by atoms with Crippen molar-refractivity contribution >= 4 is 46.0 Å². The van der Waals surface area contributed by atoms with E-state index in [2.05, 4.69) is 30.5 Å². The number of pyridine rings is 1. The average Bonchev–Trinajstić information content (AvgIpc) is 3.58. The zero-order valence-electron chi connectivity index (χ0n) is 20.0. The second-order valence-electron chi connectivity index (χ2n) is 9.56. The van der Waals surface area contributed by atoms with Crippen LogP contribution in [0.1, 0.15) is 10.7 Å². The zero-order valence-corrected chi connectivity index (χ0v) is 21.6. The molecule has 14 heteroatoms. The van der Waals surface area contributed by atoms with Crippen molar-refractivity contribution in [3.8, 4) is 17.1 Å². The number of nitrogens with zero attached hydrogens (tertiary/aromatic N) is 8. The summed E-state index contributed by atoms with van der Waals surface area (Å²) >= 11 is 8.30. The molecule has 192 valence electrons. The molecule has 3 atom stereocenters. The zero-order chi connectivity index (χ0) is 26.0. The van der Waals surface area contributed by atoms with Crippen molar-refractivity contribution in [2.75, 3.05) is 24.5 Å². The Balaban J connectivity index is 1.15. The minimum Gasteiger partial charge on any atom is -0.465 e. The van der Waals surface area contributed by atoms with E-state index in [1.54, 1.807) is 52.9 Å². The van der Waals surface area contributed by atoms with Crippen LogP contribution in [0.15, 0.2) is 42.3 Å². The van der Waals surface area contributed by atoms with E-state index >= 15 is 0 Å². The molecule has 0 aromatic carbocycles. The lowest BCUT2D eigenvalue weighted by Gasteiger charge is -2.26. The fourth-order valence-electron chi connectivity index (χ4n) is 5.67. The summed E-state index contributed by atoms with van der Waals surface area (Å²) in [7, 11) is 0. The van der Waals surface area contributed by atoms with Crippen LogP contribution in [0.2, 0.25) is 5.02 Å². The number of halogens is 1. The van der Waals surface area contributed by atoms with E-state index in [9.17, 15) is 9.90 Å². The Hall–Kier alpha value is -4.10. The number of hydrogen-bond acceptors (Lipinski definition) is 9.